The van der Waals surface area contributed by atoms with Crippen molar-refractivity contribution in [3.05, 3.63) is 60.2 Å². The first-order valence-corrected chi connectivity index (χ1v) is 11.6. The minimum Gasteiger partial charge on any atom is -0.388 e. The molecule has 1 unspecified atom stereocenters. The molecule has 30 heavy (non-hydrogen) atoms. The van der Waals surface area contributed by atoms with E-state index in [0.717, 1.165) is 31.6 Å². The summed E-state index contributed by atoms with van der Waals surface area (Å²) in [6, 6.07) is 19.2. The lowest BCUT2D eigenvalue weighted by Crippen LogP contribution is -2.28. The van der Waals surface area contributed by atoms with Crippen LogP contribution in [0.5, 0.6) is 0 Å². The number of benzene rings is 3. The average molecular weight is 428 g/mol. The summed E-state index contributed by atoms with van der Waals surface area (Å²) in [6.07, 6.45) is 7.99. The molecule has 3 aromatic carbocycles. The Morgan fingerprint density at radius 2 is 1.30 bits per heavy atom. The minimum absolute atomic E-state index is 0. The Morgan fingerprint density at radius 1 is 0.733 bits per heavy atom. The van der Waals surface area contributed by atoms with Crippen molar-refractivity contribution in [1.82, 2.24) is 4.90 Å². The van der Waals surface area contributed by atoms with Gasteiger partial charge in [0.1, 0.15) is 0 Å². The topological polar surface area (TPSA) is 23.5 Å². The number of hydrogen-bond donors (Lipinski definition) is 1. The number of rotatable bonds is 12. The second-order valence-corrected chi connectivity index (χ2v) is 8.29. The van der Waals surface area contributed by atoms with Crippen LogP contribution in [0.4, 0.5) is 0 Å². The highest BCUT2D eigenvalue weighted by molar-refractivity contribution is 6.09. The number of halogens is 1. The molecule has 3 aromatic rings. The average Bonchev–Trinajstić information content (AvgIpc) is 2.76. The van der Waals surface area contributed by atoms with Gasteiger partial charge in [-0.1, -0.05) is 88.1 Å². The van der Waals surface area contributed by atoms with Crippen LogP contribution in [0, 0.1) is 0 Å². The standard InChI is InChI=1S/C27H37NO.ClH/c1-3-5-11-18-28(19-12-6-4-2)20-17-27(29)26-21-22-13-7-8-14-23(22)24-15-9-10-16-25(24)26;/h7-10,13-16,21,27,29H,3-6,11-12,17-20H2,1-2H3;1H. The lowest BCUT2D eigenvalue weighted by Gasteiger charge is -2.24. The molecule has 2 nitrogen and oxygen atoms in total. The molecule has 1 atom stereocenters. The van der Waals surface area contributed by atoms with Gasteiger partial charge in [-0.2, -0.15) is 0 Å². The van der Waals surface area contributed by atoms with E-state index in [9.17, 15) is 5.11 Å². The molecule has 0 saturated carbocycles. The second-order valence-electron chi connectivity index (χ2n) is 8.29. The van der Waals surface area contributed by atoms with E-state index < -0.39 is 6.10 Å². The van der Waals surface area contributed by atoms with E-state index in [0.29, 0.717) is 0 Å². The zero-order chi connectivity index (χ0) is 20.5. The maximum Gasteiger partial charge on any atom is 0.0808 e. The first-order valence-electron chi connectivity index (χ1n) is 11.6. The number of aliphatic hydroxyl groups excluding tert-OH is 1. The second kappa shape index (κ2) is 12.9. The number of unbranched alkanes of at least 4 members (excludes halogenated alkanes) is 4. The van der Waals surface area contributed by atoms with E-state index in [1.807, 2.05) is 0 Å². The maximum atomic E-state index is 11.1. The molecule has 0 radical (unpaired) electrons. The zero-order valence-electron chi connectivity index (χ0n) is 18.6. The third kappa shape index (κ3) is 6.44. The number of aliphatic hydroxyl groups is 1. The third-order valence-electron chi connectivity index (χ3n) is 6.03. The number of nitrogens with zero attached hydrogens (tertiary/aromatic N) is 1. The highest BCUT2D eigenvalue weighted by Crippen LogP contribution is 2.33. The van der Waals surface area contributed by atoms with Crippen molar-refractivity contribution >= 4 is 34.0 Å². The van der Waals surface area contributed by atoms with Crippen LogP contribution >= 0.6 is 12.4 Å². The van der Waals surface area contributed by atoms with Gasteiger partial charge in [0.2, 0.25) is 0 Å². The summed E-state index contributed by atoms with van der Waals surface area (Å²) in [4.78, 5) is 2.57. The smallest absolute Gasteiger partial charge is 0.0808 e. The first-order chi connectivity index (χ1) is 14.2. The predicted octanol–water partition coefficient (Wildman–Crippen LogP) is 7.52. The number of hydrogen-bond acceptors (Lipinski definition) is 2. The summed E-state index contributed by atoms with van der Waals surface area (Å²) < 4.78 is 0. The van der Waals surface area contributed by atoms with Crippen molar-refractivity contribution < 1.29 is 5.11 Å². The van der Waals surface area contributed by atoms with E-state index in [-0.39, 0.29) is 12.4 Å². The summed E-state index contributed by atoms with van der Waals surface area (Å²) in [5.41, 5.74) is 1.07. The lowest BCUT2D eigenvalue weighted by molar-refractivity contribution is 0.141. The molecule has 164 valence electrons. The molecule has 0 aliphatic rings. The molecular formula is C27H38ClNO. The van der Waals surface area contributed by atoms with Gasteiger partial charge in [0, 0.05) is 6.54 Å². The van der Waals surface area contributed by atoms with Crippen LogP contribution in [0.15, 0.2) is 54.6 Å². The highest BCUT2D eigenvalue weighted by atomic mass is 35.5. The van der Waals surface area contributed by atoms with Gasteiger partial charge in [-0.25, -0.2) is 0 Å². The van der Waals surface area contributed by atoms with Crippen LogP contribution in [0.2, 0.25) is 0 Å². The molecule has 0 bridgehead atoms. The van der Waals surface area contributed by atoms with Gasteiger partial charge in [-0.05, 0) is 65.5 Å². The van der Waals surface area contributed by atoms with E-state index >= 15 is 0 Å². The highest BCUT2D eigenvalue weighted by Gasteiger charge is 2.15. The fourth-order valence-electron chi connectivity index (χ4n) is 4.33. The van der Waals surface area contributed by atoms with E-state index in [1.165, 1.54) is 60.1 Å². The van der Waals surface area contributed by atoms with Crippen molar-refractivity contribution in [1.29, 1.82) is 0 Å². The van der Waals surface area contributed by atoms with Crippen molar-refractivity contribution in [3.8, 4) is 0 Å². The Morgan fingerprint density at radius 3 is 1.93 bits per heavy atom. The van der Waals surface area contributed by atoms with Crippen LogP contribution in [-0.2, 0) is 0 Å². The molecule has 0 aliphatic heterocycles. The van der Waals surface area contributed by atoms with Crippen LogP contribution in [-0.4, -0.2) is 29.6 Å². The largest absolute Gasteiger partial charge is 0.388 e. The van der Waals surface area contributed by atoms with E-state index in [4.69, 9.17) is 0 Å². The molecule has 3 heteroatoms. The lowest BCUT2D eigenvalue weighted by atomic mass is 9.93. The van der Waals surface area contributed by atoms with E-state index in [1.54, 1.807) is 0 Å². The maximum absolute atomic E-state index is 11.1. The van der Waals surface area contributed by atoms with Gasteiger partial charge in [0.25, 0.3) is 0 Å². The monoisotopic (exact) mass is 427 g/mol. The Kier molecular flexibility index (Phi) is 10.6. The molecule has 0 amide bonds. The van der Waals surface area contributed by atoms with Crippen molar-refractivity contribution in [2.75, 3.05) is 19.6 Å². The molecular weight excluding hydrogens is 390 g/mol. The minimum atomic E-state index is -0.427. The summed E-state index contributed by atoms with van der Waals surface area (Å²) in [7, 11) is 0. The van der Waals surface area contributed by atoms with Crippen molar-refractivity contribution in [2.24, 2.45) is 0 Å². The van der Waals surface area contributed by atoms with Gasteiger partial charge in [0.05, 0.1) is 6.10 Å². The molecule has 0 fully saturated rings. The Balaban J connectivity index is 0.00000320. The molecule has 0 spiro atoms. The van der Waals surface area contributed by atoms with E-state index in [2.05, 4.69) is 73.3 Å². The normalized spacial score (nSPS) is 12.4. The zero-order valence-corrected chi connectivity index (χ0v) is 19.5. The molecule has 3 rings (SSSR count). The molecule has 0 saturated heterocycles. The van der Waals surface area contributed by atoms with Crippen LogP contribution < -0.4 is 0 Å². The fraction of sp³-hybridized carbons (Fsp3) is 0.481. The summed E-state index contributed by atoms with van der Waals surface area (Å²) in [5.74, 6) is 0. The Labute approximate surface area is 188 Å². The van der Waals surface area contributed by atoms with Gasteiger partial charge >= 0.3 is 0 Å². The first kappa shape index (κ1) is 24.7. The van der Waals surface area contributed by atoms with Gasteiger partial charge in [0.15, 0.2) is 0 Å². The summed E-state index contributed by atoms with van der Waals surface area (Å²) in [5, 5.41) is 16.0. The summed E-state index contributed by atoms with van der Waals surface area (Å²) >= 11 is 0. The van der Waals surface area contributed by atoms with Gasteiger partial charge < -0.3 is 10.0 Å². The fourth-order valence-corrected chi connectivity index (χ4v) is 4.33. The Bertz CT molecular complexity index is 884. The van der Waals surface area contributed by atoms with Crippen molar-refractivity contribution in [3.63, 3.8) is 0 Å². The number of fused-ring (bicyclic) bond motifs is 3. The summed E-state index contributed by atoms with van der Waals surface area (Å²) in [6.45, 7) is 7.80. The molecule has 0 heterocycles. The SMILES string of the molecule is CCCCCN(CCCCC)CCC(O)c1cc2ccccc2c2ccccc12.Cl. The Hall–Kier alpha value is -1.61. The quantitative estimate of drug-likeness (QED) is 0.238. The van der Waals surface area contributed by atoms with Crippen LogP contribution in [0.1, 0.15) is 70.5 Å². The van der Waals surface area contributed by atoms with Crippen molar-refractivity contribution in [2.45, 2.75) is 64.9 Å². The van der Waals surface area contributed by atoms with Gasteiger partial charge in [-0.3, -0.25) is 0 Å². The molecule has 0 aliphatic carbocycles. The molecule has 1 N–H and O–H groups in total. The van der Waals surface area contributed by atoms with Gasteiger partial charge in [-0.15, -0.1) is 12.4 Å². The predicted molar refractivity (Wildman–Crippen MR) is 134 cm³/mol. The molecule has 0 aromatic heterocycles. The third-order valence-corrected chi connectivity index (χ3v) is 6.03. The van der Waals surface area contributed by atoms with Crippen LogP contribution in [0.25, 0.3) is 21.5 Å². The van der Waals surface area contributed by atoms with Crippen LogP contribution in [0.3, 0.4) is 0 Å².